The lowest BCUT2D eigenvalue weighted by molar-refractivity contribution is -0.132. The smallest absolute Gasteiger partial charge is 0.138 e. The summed E-state index contributed by atoms with van der Waals surface area (Å²) in [6, 6.07) is 0. The zero-order chi connectivity index (χ0) is 7.84. The number of hydrogen-bond donors (Lipinski definition) is 1. The standard InChI is InChI=1S/C9H14O2/c10-8-3-1-6-2-4-9(11)7(8)5-6/h6-8,10H,1-5H2/t6-,7+,8+/m1/s1. The highest BCUT2D eigenvalue weighted by Gasteiger charge is 2.37. The molecular formula is C9H14O2. The van der Waals surface area contributed by atoms with Gasteiger partial charge in [0.05, 0.1) is 6.10 Å². The lowest BCUT2D eigenvalue weighted by atomic mass is 9.70. The van der Waals surface area contributed by atoms with Gasteiger partial charge in [-0.15, -0.1) is 0 Å². The lowest BCUT2D eigenvalue weighted by Crippen LogP contribution is -2.38. The van der Waals surface area contributed by atoms with E-state index in [4.69, 9.17) is 0 Å². The molecule has 2 fully saturated rings. The van der Waals surface area contributed by atoms with Crippen LogP contribution in [0.25, 0.3) is 0 Å². The predicted octanol–water partition coefficient (Wildman–Crippen LogP) is 1.13. The Labute approximate surface area is 66.6 Å². The first-order chi connectivity index (χ1) is 5.27. The van der Waals surface area contributed by atoms with Crippen LogP contribution < -0.4 is 0 Å². The Morgan fingerprint density at radius 2 is 2.09 bits per heavy atom. The number of ketones is 1. The number of rotatable bonds is 0. The molecule has 2 aliphatic rings. The third-order valence-electron chi connectivity index (χ3n) is 3.13. The number of aliphatic hydroxyl groups excluding tert-OH is 1. The van der Waals surface area contributed by atoms with Crippen molar-refractivity contribution < 1.29 is 9.90 Å². The van der Waals surface area contributed by atoms with E-state index in [0.29, 0.717) is 12.2 Å². The molecule has 0 saturated heterocycles. The van der Waals surface area contributed by atoms with E-state index in [-0.39, 0.29) is 12.0 Å². The van der Waals surface area contributed by atoms with Crippen molar-refractivity contribution in [2.24, 2.45) is 11.8 Å². The van der Waals surface area contributed by atoms with Crippen LogP contribution in [-0.4, -0.2) is 17.0 Å². The topological polar surface area (TPSA) is 37.3 Å². The average molecular weight is 154 g/mol. The molecule has 62 valence electrons. The normalized spacial score (nSPS) is 44.1. The minimum Gasteiger partial charge on any atom is -0.392 e. The maximum atomic E-state index is 11.3. The quantitative estimate of drug-likeness (QED) is 0.568. The van der Waals surface area contributed by atoms with Gasteiger partial charge in [-0.05, 0) is 31.6 Å². The third kappa shape index (κ3) is 1.20. The van der Waals surface area contributed by atoms with Gasteiger partial charge in [0.1, 0.15) is 5.78 Å². The highest BCUT2D eigenvalue weighted by Crippen LogP contribution is 2.37. The first-order valence-electron chi connectivity index (χ1n) is 4.48. The molecule has 2 aliphatic carbocycles. The fourth-order valence-corrected chi connectivity index (χ4v) is 2.38. The lowest BCUT2D eigenvalue weighted by Gasteiger charge is -2.36. The second kappa shape index (κ2) is 2.59. The van der Waals surface area contributed by atoms with E-state index in [2.05, 4.69) is 0 Å². The summed E-state index contributed by atoms with van der Waals surface area (Å²) >= 11 is 0. The van der Waals surface area contributed by atoms with Crippen LogP contribution in [0.3, 0.4) is 0 Å². The molecule has 1 N–H and O–H groups in total. The summed E-state index contributed by atoms with van der Waals surface area (Å²) in [7, 11) is 0. The SMILES string of the molecule is O=C1CC[C@H]2CC[C@H](O)[C@@H]1C2. The van der Waals surface area contributed by atoms with Gasteiger partial charge < -0.3 is 5.11 Å². The molecule has 2 bridgehead atoms. The van der Waals surface area contributed by atoms with E-state index < -0.39 is 0 Å². The largest absolute Gasteiger partial charge is 0.392 e. The van der Waals surface area contributed by atoms with Crippen LogP contribution in [0.4, 0.5) is 0 Å². The second-order valence-electron chi connectivity index (χ2n) is 3.86. The molecule has 0 heterocycles. The fourth-order valence-electron chi connectivity index (χ4n) is 2.38. The van der Waals surface area contributed by atoms with Gasteiger partial charge >= 0.3 is 0 Å². The Morgan fingerprint density at radius 1 is 1.27 bits per heavy atom. The minimum absolute atomic E-state index is 0.00231. The first-order valence-corrected chi connectivity index (χ1v) is 4.48. The van der Waals surface area contributed by atoms with Gasteiger partial charge in [-0.2, -0.15) is 0 Å². The first kappa shape index (κ1) is 7.29. The molecule has 3 atom stereocenters. The van der Waals surface area contributed by atoms with Crippen LogP contribution >= 0.6 is 0 Å². The average Bonchev–Trinajstić information content (AvgIpc) is 2.02. The predicted molar refractivity (Wildman–Crippen MR) is 41.1 cm³/mol. The van der Waals surface area contributed by atoms with Crippen LogP contribution in [0.5, 0.6) is 0 Å². The molecule has 11 heavy (non-hydrogen) atoms. The maximum Gasteiger partial charge on any atom is 0.138 e. The van der Waals surface area contributed by atoms with E-state index >= 15 is 0 Å². The Kier molecular flexibility index (Phi) is 1.72. The molecule has 0 unspecified atom stereocenters. The minimum atomic E-state index is -0.320. The molecule has 0 amide bonds. The molecule has 0 radical (unpaired) electrons. The summed E-state index contributed by atoms with van der Waals surface area (Å²) < 4.78 is 0. The number of hydrogen-bond acceptors (Lipinski definition) is 2. The zero-order valence-corrected chi connectivity index (χ0v) is 6.62. The van der Waals surface area contributed by atoms with Crippen molar-refractivity contribution in [3.63, 3.8) is 0 Å². The molecule has 0 aromatic heterocycles. The van der Waals surface area contributed by atoms with Crippen LogP contribution in [0.15, 0.2) is 0 Å². The Balaban J connectivity index is 2.11. The highest BCUT2D eigenvalue weighted by atomic mass is 16.3. The van der Waals surface area contributed by atoms with Crippen LogP contribution in [0.2, 0.25) is 0 Å². The summed E-state index contributed by atoms with van der Waals surface area (Å²) in [6.45, 7) is 0. The van der Waals surface area contributed by atoms with E-state index in [9.17, 15) is 9.90 Å². The number of fused-ring (bicyclic) bond motifs is 2. The van der Waals surface area contributed by atoms with Gasteiger partial charge in [-0.1, -0.05) is 0 Å². The summed E-state index contributed by atoms with van der Waals surface area (Å²) in [5, 5.41) is 9.47. The number of carbonyl (C=O) groups is 1. The molecule has 2 heteroatoms. The number of aliphatic hydroxyl groups is 1. The van der Waals surface area contributed by atoms with Gasteiger partial charge in [0, 0.05) is 12.3 Å². The molecule has 0 aromatic rings. The van der Waals surface area contributed by atoms with Gasteiger partial charge in [0.25, 0.3) is 0 Å². The number of Topliss-reactive ketones (excluding diaryl/α,β-unsaturated/α-hetero) is 1. The van der Waals surface area contributed by atoms with Crippen molar-refractivity contribution in [1.29, 1.82) is 0 Å². The Morgan fingerprint density at radius 3 is 2.82 bits per heavy atom. The molecular weight excluding hydrogens is 140 g/mol. The van der Waals surface area contributed by atoms with Crippen molar-refractivity contribution in [1.82, 2.24) is 0 Å². The fraction of sp³-hybridized carbons (Fsp3) is 0.889. The van der Waals surface area contributed by atoms with Crippen molar-refractivity contribution in [2.45, 2.75) is 38.2 Å². The van der Waals surface area contributed by atoms with Crippen molar-refractivity contribution >= 4 is 5.78 Å². The molecule has 0 spiro atoms. The molecule has 0 aliphatic heterocycles. The van der Waals surface area contributed by atoms with Gasteiger partial charge in [-0.3, -0.25) is 4.79 Å². The van der Waals surface area contributed by atoms with Crippen molar-refractivity contribution in [3.8, 4) is 0 Å². The monoisotopic (exact) mass is 154 g/mol. The van der Waals surface area contributed by atoms with Crippen LogP contribution in [0, 0.1) is 11.8 Å². The molecule has 2 nitrogen and oxygen atoms in total. The van der Waals surface area contributed by atoms with E-state index in [1.54, 1.807) is 0 Å². The molecule has 2 rings (SSSR count). The van der Waals surface area contributed by atoms with Crippen LogP contribution in [0.1, 0.15) is 32.1 Å². The Bertz CT molecular complexity index is 176. The molecule has 2 saturated carbocycles. The summed E-state index contributed by atoms with van der Waals surface area (Å²) in [4.78, 5) is 11.3. The second-order valence-corrected chi connectivity index (χ2v) is 3.86. The van der Waals surface area contributed by atoms with Crippen molar-refractivity contribution in [3.05, 3.63) is 0 Å². The van der Waals surface area contributed by atoms with E-state index in [1.807, 2.05) is 0 Å². The molecule has 0 aromatic carbocycles. The highest BCUT2D eigenvalue weighted by molar-refractivity contribution is 5.82. The third-order valence-corrected chi connectivity index (χ3v) is 3.13. The van der Waals surface area contributed by atoms with Crippen LogP contribution in [-0.2, 0) is 4.79 Å². The van der Waals surface area contributed by atoms with Crippen molar-refractivity contribution in [2.75, 3.05) is 0 Å². The van der Waals surface area contributed by atoms with Gasteiger partial charge in [0.15, 0.2) is 0 Å². The van der Waals surface area contributed by atoms with E-state index in [1.165, 1.54) is 0 Å². The summed E-state index contributed by atoms with van der Waals surface area (Å²) in [5.41, 5.74) is 0. The zero-order valence-electron chi connectivity index (χ0n) is 6.62. The van der Waals surface area contributed by atoms with Gasteiger partial charge in [-0.25, -0.2) is 0 Å². The Hall–Kier alpha value is -0.370. The van der Waals surface area contributed by atoms with Gasteiger partial charge in [0.2, 0.25) is 0 Å². The van der Waals surface area contributed by atoms with E-state index in [0.717, 1.165) is 31.6 Å². The summed E-state index contributed by atoms with van der Waals surface area (Å²) in [5.74, 6) is 1.04. The maximum absolute atomic E-state index is 11.3. The summed E-state index contributed by atoms with van der Waals surface area (Å²) in [6.07, 6.45) is 4.40. The number of carbonyl (C=O) groups excluding carboxylic acids is 1.